The second-order valence-corrected chi connectivity index (χ2v) is 4.44. The van der Waals surface area contributed by atoms with E-state index in [9.17, 15) is 14.4 Å². The monoisotopic (exact) mass is 276 g/mol. The molecule has 0 aliphatic carbocycles. The van der Waals surface area contributed by atoms with E-state index in [0.717, 1.165) is 4.90 Å². The van der Waals surface area contributed by atoms with Crippen molar-refractivity contribution in [2.24, 2.45) is 0 Å². The van der Waals surface area contributed by atoms with Crippen molar-refractivity contribution in [3.8, 4) is 0 Å². The van der Waals surface area contributed by atoms with Gasteiger partial charge in [-0.3, -0.25) is 19.3 Å². The first-order valence-corrected chi connectivity index (χ1v) is 6.44. The van der Waals surface area contributed by atoms with Gasteiger partial charge in [0.05, 0.1) is 17.7 Å². The van der Waals surface area contributed by atoms with Crippen LogP contribution in [0.4, 0.5) is 0 Å². The first-order chi connectivity index (χ1) is 9.60. The van der Waals surface area contributed by atoms with E-state index in [4.69, 9.17) is 5.11 Å². The fraction of sp³-hybridized carbons (Fsp3) is 0.357. The van der Waals surface area contributed by atoms with Crippen molar-refractivity contribution in [3.05, 3.63) is 35.4 Å². The number of hydrogen-bond donors (Lipinski definition) is 1. The van der Waals surface area contributed by atoms with Crippen molar-refractivity contribution < 1.29 is 19.5 Å². The number of imide groups is 1. The van der Waals surface area contributed by atoms with Crippen LogP contribution in [-0.4, -0.2) is 58.9 Å². The second-order valence-electron chi connectivity index (χ2n) is 4.44. The third-order valence-corrected chi connectivity index (χ3v) is 3.28. The molecule has 6 heteroatoms. The molecule has 1 aromatic rings. The molecule has 6 nitrogen and oxygen atoms in total. The normalized spacial score (nSPS) is 13.6. The van der Waals surface area contributed by atoms with Gasteiger partial charge in [-0.15, -0.1) is 0 Å². The van der Waals surface area contributed by atoms with Gasteiger partial charge in [-0.1, -0.05) is 12.1 Å². The van der Waals surface area contributed by atoms with Crippen LogP contribution in [-0.2, 0) is 4.79 Å². The summed E-state index contributed by atoms with van der Waals surface area (Å²) < 4.78 is 0. The van der Waals surface area contributed by atoms with Crippen LogP contribution < -0.4 is 0 Å². The van der Waals surface area contributed by atoms with Crippen LogP contribution in [0.1, 0.15) is 27.6 Å². The smallest absolute Gasteiger partial charge is 0.262 e. The number of likely N-dealkylation sites (N-methyl/N-ethyl adjacent to an activating group) is 1. The molecule has 0 spiro atoms. The van der Waals surface area contributed by atoms with Crippen LogP contribution >= 0.6 is 0 Å². The van der Waals surface area contributed by atoms with Gasteiger partial charge in [0.15, 0.2) is 0 Å². The molecule has 0 saturated heterocycles. The van der Waals surface area contributed by atoms with E-state index in [-0.39, 0.29) is 25.6 Å². The molecular weight excluding hydrogens is 260 g/mol. The molecule has 106 valence electrons. The van der Waals surface area contributed by atoms with Crippen molar-refractivity contribution in [1.29, 1.82) is 0 Å². The van der Waals surface area contributed by atoms with Crippen molar-refractivity contribution in [2.75, 3.05) is 26.2 Å². The molecule has 0 radical (unpaired) electrons. The predicted octanol–water partition coefficient (Wildman–Crippen LogP) is 0.123. The molecule has 3 amide bonds. The lowest BCUT2D eigenvalue weighted by molar-refractivity contribution is -0.131. The van der Waals surface area contributed by atoms with Gasteiger partial charge in [0.1, 0.15) is 6.54 Å². The molecule has 0 saturated carbocycles. The summed E-state index contributed by atoms with van der Waals surface area (Å²) in [6.45, 7) is 1.94. The zero-order chi connectivity index (χ0) is 14.7. The zero-order valence-electron chi connectivity index (χ0n) is 11.2. The molecule has 0 unspecified atom stereocenters. The summed E-state index contributed by atoms with van der Waals surface area (Å²) in [6, 6.07) is 6.51. The molecule has 20 heavy (non-hydrogen) atoms. The summed E-state index contributed by atoms with van der Waals surface area (Å²) in [7, 11) is 0. The van der Waals surface area contributed by atoms with Crippen LogP contribution in [0.5, 0.6) is 0 Å². The quantitative estimate of drug-likeness (QED) is 0.775. The van der Waals surface area contributed by atoms with Gasteiger partial charge in [0, 0.05) is 13.1 Å². The maximum Gasteiger partial charge on any atom is 0.262 e. The Hall–Kier alpha value is -2.21. The minimum atomic E-state index is -0.445. The molecule has 1 aliphatic rings. The second kappa shape index (κ2) is 5.83. The Morgan fingerprint density at radius 2 is 1.75 bits per heavy atom. The number of benzene rings is 1. The van der Waals surface area contributed by atoms with Gasteiger partial charge in [-0.05, 0) is 19.1 Å². The van der Waals surface area contributed by atoms with Crippen LogP contribution in [0.2, 0.25) is 0 Å². The van der Waals surface area contributed by atoms with Crippen LogP contribution in [0.15, 0.2) is 24.3 Å². The van der Waals surface area contributed by atoms with E-state index in [1.54, 1.807) is 31.2 Å². The first-order valence-electron chi connectivity index (χ1n) is 6.44. The van der Waals surface area contributed by atoms with Gasteiger partial charge in [0.2, 0.25) is 5.91 Å². The average Bonchev–Trinajstić information content (AvgIpc) is 2.70. The summed E-state index contributed by atoms with van der Waals surface area (Å²) in [5.74, 6) is -1.24. The molecule has 0 atom stereocenters. The molecule has 0 bridgehead atoms. The summed E-state index contributed by atoms with van der Waals surface area (Å²) in [6.07, 6.45) is 0. The fourth-order valence-electron chi connectivity index (χ4n) is 2.20. The van der Waals surface area contributed by atoms with E-state index in [2.05, 4.69) is 0 Å². The zero-order valence-corrected chi connectivity index (χ0v) is 11.2. The minimum absolute atomic E-state index is 0.151. The molecule has 2 rings (SSSR count). The molecule has 1 N–H and O–H groups in total. The predicted molar refractivity (Wildman–Crippen MR) is 71.1 cm³/mol. The van der Waals surface area contributed by atoms with Crippen LogP contribution in [0, 0.1) is 0 Å². The van der Waals surface area contributed by atoms with Crippen molar-refractivity contribution in [3.63, 3.8) is 0 Å². The van der Waals surface area contributed by atoms with E-state index < -0.39 is 11.8 Å². The van der Waals surface area contributed by atoms with Crippen molar-refractivity contribution in [1.82, 2.24) is 9.80 Å². The Bertz CT molecular complexity index is 521. The summed E-state index contributed by atoms with van der Waals surface area (Å²) in [5, 5.41) is 8.88. The highest BCUT2D eigenvalue weighted by atomic mass is 16.3. The molecule has 1 heterocycles. The number of carbonyl (C=O) groups is 3. The van der Waals surface area contributed by atoms with Crippen LogP contribution in [0.3, 0.4) is 0 Å². The number of fused-ring (bicyclic) bond motifs is 1. The van der Waals surface area contributed by atoms with E-state index in [1.165, 1.54) is 4.90 Å². The highest BCUT2D eigenvalue weighted by molar-refractivity contribution is 6.22. The standard InChI is InChI=1S/C14H16N2O4/c1-2-15(7-8-17)12(18)9-16-13(19)10-5-3-4-6-11(10)14(16)20/h3-6,17H,2,7-9H2,1H3. The average molecular weight is 276 g/mol. The van der Waals surface area contributed by atoms with Crippen molar-refractivity contribution in [2.45, 2.75) is 6.92 Å². The van der Waals surface area contributed by atoms with E-state index >= 15 is 0 Å². The van der Waals surface area contributed by atoms with E-state index in [1.807, 2.05) is 0 Å². The van der Waals surface area contributed by atoms with Crippen molar-refractivity contribution >= 4 is 17.7 Å². The number of nitrogens with zero attached hydrogens (tertiary/aromatic N) is 2. The lowest BCUT2D eigenvalue weighted by atomic mass is 10.1. The molecular formula is C14H16N2O4. The van der Waals surface area contributed by atoms with Gasteiger partial charge >= 0.3 is 0 Å². The van der Waals surface area contributed by atoms with E-state index in [0.29, 0.717) is 17.7 Å². The topological polar surface area (TPSA) is 77.9 Å². The lowest BCUT2D eigenvalue weighted by Gasteiger charge is -2.22. The largest absolute Gasteiger partial charge is 0.395 e. The Kier molecular flexibility index (Phi) is 4.14. The summed E-state index contributed by atoms with van der Waals surface area (Å²) in [4.78, 5) is 38.6. The Morgan fingerprint density at radius 1 is 1.20 bits per heavy atom. The molecule has 0 fully saturated rings. The number of hydrogen-bond acceptors (Lipinski definition) is 4. The molecule has 1 aliphatic heterocycles. The van der Waals surface area contributed by atoms with Gasteiger partial charge in [-0.25, -0.2) is 0 Å². The lowest BCUT2D eigenvalue weighted by Crippen LogP contribution is -2.43. The fourth-order valence-corrected chi connectivity index (χ4v) is 2.20. The highest BCUT2D eigenvalue weighted by Gasteiger charge is 2.36. The number of amides is 3. The first kappa shape index (κ1) is 14.2. The van der Waals surface area contributed by atoms with Gasteiger partial charge in [-0.2, -0.15) is 0 Å². The summed E-state index contributed by atoms with van der Waals surface area (Å²) >= 11 is 0. The highest BCUT2D eigenvalue weighted by Crippen LogP contribution is 2.22. The maximum absolute atomic E-state index is 12.1. The van der Waals surface area contributed by atoms with Crippen LogP contribution in [0.25, 0.3) is 0 Å². The minimum Gasteiger partial charge on any atom is -0.395 e. The Morgan fingerprint density at radius 3 is 2.20 bits per heavy atom. The number of rotatable bonds is 5. The third kappa shape index (κ3) is 2.42. The number of carbonyl (C=O) groups excluding carboxylic acids is 3. The van der Waals surface area contributed by atoms with Gasteiger partial charge < -0.3 is 10.0 Å². The molecule has 1 aromatic carbocycles. The Balaban J connectivity index is 2.14. The van der Waals surface area contributed by atoms with Gasteiger partial charge in [0.25, 0.3) is 11.8 Å². The Labute approximate surface area is 116 Å². The summed E-state index contributed by atoms with van der Waals surface area (Å²) in [5.41, 5.74) is 0.658. The third-order valence-electron chi connectivity index (χ3n) is 3.28. The SMILES string of the molecule is CCN(CCO)C(=O)CN1C(=O)c2ccccc2C1=O. The number of aliphatic hydroxyl groups excluding tert-OH is 1. The maximum atomic E-state index is 12.1. The number of aliphatic hydroxyl groups is 1. The molecule has 0 aromatic heterocycles.